The maximum Gasteiger partial charge on any atom is 0.410 e. The first-order valence-electron chi connectivity index (χ1n) is 12.0. The molecule has 1 aromatic rings. The Hall–Kier alpha value is -3.06. The second-order valence-electron chi connectivity index (χ2n) is 9.95. The molecule has 0 spiro atoms. The fourth-order valence-corrected chi connectivity index (χ4v) is 4.10. The third-order valence-corrected chi connectivity index (χ3v) is 5.74. The number of nitrogens with zero attached hydrogens (tertiary/aromatic N) is 5. The molecule has 3 heterocycles. The fraction of sp³-hybridized carbons (Fsp3) is 0.773. The van der Waals surface area contributed by atoms with Crippen molar-refractivity contribution in [3.05, 3.63) is 11.8 Å². The molecule has 2 unspecified atom stereocenters. The van der Waals surface area contributed by atoms with Gasteiger partial charge in [-0.3, -0.25) is 15.5 Å². The van der Waals surface area contributed by atoms with Crippen molar-refractivity contribution in [3.63, 3.8) is 0 Å². The highest BCUT2D eigenvalue weighted by molar-refractivity contribution is 5.77. The lowest BCUT2D eigenvalue weighted by atomic mass is 10.0. The van der Waals surface area contributed by atoms with Gasteiger partial charge in [-0.1, -0.05) is 13.3 Å². The molecule has 14 heteroatoms. The predicted molar refractivity (Wildman–Crippen MR) is 124 cm³/mol. The van der Waals surface area contributed by atoms with Crippen LogP contribution in [0, 0.1) is 0 Å². The Balaban J connectivity index is 1.71. The van der Waals surface area contributed by atoms with Crippen molar-refractivity contribution < 1.29 is 33.5 Å². The van der Waals surface area contributed by atoms with E-state index in [0.717, 1.165) is 12.8 Å². The minimum atomic E-state index is -1.69. The molecule has 3 amide bonds. The van der Waals surface area contributed by atoms with Gasteiger partial charge in [0.1, 0.15) is 17.7 Å². The first kappa shape index (κ1) is 27.5. The molecular weight excluding hydrogens is 474 g/mol. The lowest BCUT2D eigenvalue weighted by Gasteiger charge is -2.30. The van der Waals surface area contributed by atoms with Crippen molar-refractivity contribution in [2.45, 2.75) is 89.8 Å². The fourth-order valence-electron chi connectivity index (χ4n) is 4.10. The maximum absolute atomic E-state index is 12.9. The maximum atomic E-state index is 12.9. The number of nitrogens with one attached hydrogen (secondary N) is 2. The van der Waals surface area contributed by atoms with Crippen LogP contribution in [0.3, 0.4) is 0 Å². The molecule has 1 aromatic heterocycles. The molecule has 2 aliphatic rings. The molecular formula is C22H35N7O7. The van der Waals surface area contributed by atoms with Gasteiger partial charge >= 0.3 is 12.1 Å². The Morgan fingerprint density at radius 2 is 2.08 bits per heavy atom. The molecule has 36 heavy (non-hydrogen) atoms. The van der Waals surface area contributed by atoms with Gasteiger partial charge in [-0.2, -0.15) is 10.1 Å². The topological polar surface area (TPSA) is 172 Å². The first-order valence-corrected chi connectivity index (χ1v) is 12.0. The van der Waals surface area contributed by atoms with Crippen LogP contribution in [-0.4, -0.2) is 80.7 Å². The van der Waals surface area contributed by atoms with E-state index >= 15 is 0 Å². The number of urea groups is 1. The summed E-state index contributed by atoms with van der Waals surface area (Å²) in [6.07, 6.45) is 3.70. The van der Waals surface area contributed by atoms with Gasteiger partial charge in [0.15, 0.2) is 5.79 Å². The number of aliphatic imine (C=N–C) groups is 1. The van der Waals surface area contributed by atoms with E-state index in [-0.39, 0.29) is 23.9 Å². The van der Waals surface area contributed by atoms with Crippen LogP contribution in [0.2, 0.25) is 0 Å². The van der Waals surface area contributed by atoms with E-state index in [4.69, 9.17) is 14.0 Å². The number of unbranched alkanes of at least 4 members (excludes halogenated alkanes) is 1. The zero-order valence-corrected chi connectivity index (χ0v) is 21.3. The first-order chi connectivity index (χ1) is 17.0. The molecule has 2 bridgehead atoms. The zero-order valence-electron chi connectivity index (χ0n) is 21.3. The van der Waals surface area contributed by atoms with Crippen LogP contribution in [0.1, 0.15) is 84.2 Å². The monoisotopic (exact) mass is 509 g/mol. The quantitative estimate of drug-likeness (QED) is 0.173. The number of hydroxylamine groups is 2. The number of rotatable bonds is 11. The summed E-state index contributed by atoms with van der Waals surface area (Å²) in [4.78, 5) is 47.1. The molecule has 200 valence electrons. The Morgan fingerprint density at radius 1 is 1.33 bits per heavy atom. The summed E-state index contributed by atoms with van der Waals surface area (Å²) < 4.78 is 11.1. The van der Waals surface area contributed by atoms with Gasteiger partial charge in [-0.15, -0.1) is 10.2 Å². The molecule has 0 aliphatic carbocycles. The SMILES string of the molecule is CCCCON1C(=O)N2C[C@@H]1CC[C@H]2c1nnc(C(CO)NC(C)(N=C=O)NC(=O)OC(C)(C)C)o1. The smallest absolute Gasteiger partial charge is 0.410 e. The van der Waals surface area contributed by atoms with Gasteiger partial charge < -0.3 is 19.2 Å². The van der Waals surface area contributed by atoms with Gasteiger partial charge in [0.2, 0.25) is 17.9 Å². The number of alkyl carbamates (subject to hydrolysis) is 1. The summed E-state index contributed by atoms with van der Waals surface area (Å²) in [5.41, 5.74) is -0.781. The molecule has 0 aromatic carbocycles. The van der Waals surface area contributed by atoms with Gasteiger partial charge in [0, 0.05) is 6.54 Å². The zero-order chi connectivity index (χ0) is 26.5. The average molecular weight is 510 g/mol. The van der Waals surface area contributed by atoms with Crippen LogP contribution < -0.4 is 10.6 Å². The van der Waals surface area contributed by atoms with Gasteiger partial charge in [-0.05, 0) is 47.0 Å². The van der Waals surface area contributed by atoms with Crippen LogP contribution in [0.25, 0.3) is 0 Å². The third kappa shape index (κ3) is 6.58. The van der Waals surface area contributed by atoms with Crippen molar-refractivity contribution >= 4 is 18.2 Å². The second-order valence-corrected chi connectivity index (χ2v) is 9.95. The normalized spacial score (nSPS) is 22.1. The van der Waals surface area contributed by atoms with E-state index in [1.807, 2.05) is 0 Å². The number of hydrogen-bond donors (Lipinski definition) is 3. The molecule has 0 radical (unpaired) electrons. The van der Waals surface area contributed by atoms with E-state index in [0.29, 0.717) is 26.0 Å². The molecule has 2 aliphatic heterocycles. The van der Waals surface area contributed by atoms with Crippen molar-refractivity contribution in [1.29, 1.82) is 0 Å². The predicted octanol–water partition coefficient (Wildman–Crippen LogP) is 1.90. The summed E-state index contributed by atoms with van der Waals surface area (Å²) in [5, 5.41) is 24.8. The van der Waals surface area contributed by atoms with Crippen LogP contribution in [0.4, 0.5) is 9.59 Å². The molecule has 2 saturated heterocycles. The lowest BCUT2D eigenvalue weighted by Crippen LogP contribution is -2.57. The summed E-state index contributed by atoms with van der Waals surface area (Å²) >= 11 is 0. The van der Waals surface area contributed by atoms with E-state index in [2.05, 4.69) is 32.7 Å². The van der Waals surface area contributed by atoms with E-state index in [1.165, 1.54) is 18.1 Å². The summed E-state index contributed by atoms with van der Waals surface area (Å²) in [7, 11) is 0. The number of piperidine rings is 1. The highest BCUT2D eigenvalue weighted by atomic mass is 16.7. The van der Waals surface area contributed by atoms with Gasteiger partial charge in [0.25, 0.3) is 0 Å². The van der Waals surface area contributed by atoms with Crippen molar-refractivity contribution in [1.82, 2.24) is 30.8 Å². The Bertz CT molecular complexity index is 974. The van der Waals surface area contributed by atoms with Crippen LogP contribution in [0.15, 0.2) is 9.41 Å². The number of hydrogen-bond acceptors (Lipinski definition) is 11. The van der Waals surface area contributed by atoms with Gasteiger partial charge in [0.05, 0.1) is 19.3 Å². The van der Waals surface area contributed by atoms with E-state index in [9.17, 15) is 19.5 Å². The Kier molecular flexibility index (Phi) is 8.67. The molecule has 14 nitrogen and oxygen atoms in total. The second kappa shape index (κ2) is 11.3. The van der Waals surface area contributed by atoms with Crippen LogP contribution in [0.5, 0.6) is 0 Å². The number of carbonyl (C=O) groups excluding carboxylic acids is 3. The number of fused-ring (bicyclic) bond motifs is 2. The summed E-state index contributed by atoms with van der Waals surface area (Å²) in [6, 6.07) is -1.71. The van der Waals surface area contributed by atoms with Crippen molar-refractivity contribution in [3.8, 4) is 0 Å². The number of carbonyl (C=O) groups is 2. The molecule has 3 rings (SSSR count). The largest absolute Gasteiger partial charge is 0.444 e. The number of ether oxygens (including phenoxy) is 1. The van der Waals surface area contributed by atoms with Crippen molar-refractivity contribution in [2.75, 3.05) is 19.8 Å². The Labute approximate surface area is 209 Å². The third-order valence-electron chi connectivity index (χ3n) is 5.74. The molecule has 2 fully saturated rings. The van der Waals surface area contributed by atoms with Gasteiger partial charge in [-0.25, -0.2) is 14.4 Å². The number of isocyanates is 1. The molecule has 3 N–H and O–H groups in total. The number of amides is 3. The standard InChI is InChI=1S/C22H35N7O7/c1-6-7-10-34-29-14-8-9-16(28(11-14)20(29)33)18-27-26-17(35-18)15(12-30)24-22(5,23-13-31)25-19(32)36-21(2,3)4/h14-16,24,30H,6-12H2,1-5H3,(H,25,32)/t14-,15?,16-,22?/m0/s1. The number of aromatic nitrogens is 2. The average Bonchev–Trinajstić information content (AvgIpc) is 3.36. The highest BCUT2D eigenvalue weighted by Gasteiger charge is 2.48. The summed E-state index contributed by atoms with van der Waals surface area (Å²) in [5.74, 6) is -1.48. The number of aliphatic hydroxyl groups is 1. The van der Waals surface area contributed by atoms with E-state index in [1.54, 1.807) is 25.7 Å². The Morgan fingerprint density at radius 3 is 2.72 bits per heavy atom. The minimum Gasteiger partial charge on any atom is -0.444 e. The van der Waals surface area contributed by atoms with E-state index < -0.39 is 36.2 Å². The minimum absolute atomic E-state index is 0.00404. The summed E-state index contributed by atoms with van der Waals surface area (Å²) in [6.45, 7) is 8.95. The number of aliphatic hydroxyl groups excluding tert-OH is 1. The van der Waals surface area contributed by atoms with Crippen LogP contribution >= 0.6 is 0 Å². The molecule has 0 saturated carbocycles. The molecule has 4 atom stereocenters. The van der Waals surface area contributed by atoms with Crippen LogP contribution in [-0.2, 0) is 14.4 Å². The lowest BCUT2D eigenvalue weighted by molar-refractivity contribution is -0.130. The van der Waals surface area contributed by atoms with Crippen molar-refractivity contribution in [2.24, 2.45) is 4.99 Å². The highest BCUT2D eigenvalue weighted by Crippen LogP contribution is 2.38.